The molecule has 2 amide bonds. The molecule has 0 heterocycles. The van der Waals surface area contributed by atoms with Crippen LogP contribution in [-0.2, 0) is 32.6 Å². The molecule has 0 saturated carbocycles. The van der Waals surface area contributed by atoms with Crippen LogP contribution in [0.25, 0.3) is 0 Å². The minimum absolute atomic E-state index is 0.0853. The van der Waals surface area contributed by atoms with Crippen molar-refractivity contribution in [2.45, 2.75) is 44.7 Å². The average Bonchev–Trinajstić information content (AvgIpc) is 2.90. The van der Waals surface area contributed by atoms with E-state index in [1.165, 1.54) is 24.1 Å². The molecule has 0 aromatic heterocycles. The molecule has 0 aliphatic heterocycles. The molecular formula is C28H33N3O4S. The van der Waals surface area contributed by atoms with Gasteiger partial charge in [0.1, 0.15) is 12.6 Å². The lowest BCUT2D eigenvalue weighted by atomic mass is 10.1. The number of sulfonamides is 1. The summed E-state index contributed by atoms with van der Waals surface area (Å²) >= 11 is 0. The third kappa shape index (κ3) is 6.12. The lowest BCUT2D eigenvalue weighted by Crippen LogP contribution is -2.50. The SMILES string of the molecule is CCc1ccc(N(CC(=O)N(Cc2ccccc2C)C(C)C(=O)NC)S(=O)(=O)c2ccccc2)cc1. The second-order valence-corrected chi connectivity index (χ2v) is 10.4. The molecule has 36 heavy (non-hydrogen) atoms. The van der Waals surface area contributed by atoms with Crippen LogP contribution in [0.15, 0.2) is 83.8 Å². The number of carbonyl (C=O) groups excluding carboxylic acids is 2. The van der Waals surface area contributed by atoms with Gasteiger partial charge in [-0.25, -0.2) is 8.42 Å². The largest absolute Gasteiger partial charge is 0.357 e. The number of likely N-dealkylation sites (N-methyl/N-ethyl adjacent to an activating group) is 1. The molecule has 0 fully saturated rings. The molecule has 3 aromatic carbocycles. The van der Waals surface area contributed by atoms with Crippen molar-refractivity contribution in [3.8, 4) is 0 Å². The maximum absolute atomic E-state index is 13.7. The van der Waals surface area contributed by atoms with Gasteiger partial charge in [-0.05, 0) is 61.2 Å². The Labute approximate surface area is 213 Å². The lowest BCUT2D eigenvalue weighted by Gasteiger charge is -2.32. The van der Waals surface area contributed by atoms with Gasteiger partial charge in [-0.2, -0.15) is 0 Å². The van der Waals surface area contributed by atoms with E-state index in [1.807, 2.05) is 50.2 Å². The summed E-state index contributed by atoms with van der Waals surface area (Å²) in [6, 6.07) is 22.0. The van der Waals surface area contributed by atoms with Crippen LogP contribution >= 0.6 is 0 Å². The summed E-state index contributed by atoms with van der Waals surface area (Å²) in [6.07, 6.45) is 0.804. The Hall–Kier alpha value is -3.65. The maximum Gasteiger partial charge on any atom is 0.264 e. The standard InChI is InChI=1S/C28H33N3O4S/c1-5-23-15-17-25(18-16-23)31(36(34,35)26-13-7-6-8-14-26)20-27(32)30(22(3)28(33)29-4)19-24-12-10-9-11-21(24)2/h6-18,22H,5,19-20H2,1-4H3,(H,29,33). The number of nitrogens with one attached hydrogen (secondary N) is 1. The van der Waals surface area contributed by atoms with E-state index in [-0.39, 0.29) is 17.3 Å². The number of carbonyl (C=O) groups is 2. The fourth-order valence-electron chi connectivity index (χ4n) is 3.91. The van der Waals surface area contributed by atoms with Gasteiger partial charge in [0.05, 0.1) is 10.6 Å². The molecule has 0 aliphatic carbocycles. The van der Waals surface area contributed by atoms with Crippen LogP contribution in [0.2, 0.25) is 0 Å². The van der Waals surface area contributed by atoms with Crippen molar-refractivity contribution < 1.29 is 18.0 Å². The van der Waals surface area contributed by atoms with Gasteiger partial charge < -0.3 is 10.2 Å². The summed E-state index contributed by atoms with van der Waals surface area (Å²) in [7, 11) is -2.54. The van der Waals surface area contributed by atoms with E-state index in [0.29, 0.717) is 5.69 Å². The fourth-order valence-corrected chi connectivity index (χ4v) is 5.34. The number of rotatable bonds is 10. The van der Waals surface area contributed by atoms with E-state index in [1.54, 1.807) is 37.3 Å². The molecule has 0 spiro atoms. The summed E-state index contributed by atoms with van der Waals surface area (Å²) in [4.78, 5) is 27.8. The van der Waals surface area contributed by atoms with Crippen LogP contribution in [-0.4, -0.2) is 44.8 Å². The molecule has 7 nitrogen and oxygen atoms in total. The zero-order valence-electron chi connectivity index (χ0n) is 21.1. The molecule has 1 N–H and O–H groups in total. The van der Waals surface area contributed by atoms with Gasteiger partial charge in [0.25, 0.3) is 10.0 Å². The third-order valence-corrected chi connectivity index (χ3v) is 8.05. The predicted molar refractivity (Wildman–Crippen MR) is 142 cm³/mol. The Morgan fingerprint density at radius 3 is 2.11 bits per heavy atom. The van der Waals surface area contributed by atoms with Gasteiger partial charge in [-0.3, -0.25) is 13.9 Å². The molecule has 0 aliphatic rings. The molecule has 3 rings (SSSR count). The van der Waals surface area contributed by atoms with Gasteiger partial charge >= 0.3 is 0 Å². The summed E-state index contributed by atoms with van der Waals surface area (Å²) in [6.45, 7) is 5.32. The Kier molecular flexibility index (Phi) is 8.88. The van der Waals surface area contributed by atoms with Gasteiger partial charge in [0.2, 0.25) is 11.8 Å². The van der Waals surface area contributed by atoms with Gasteiger partial charge in [0, 0.05) is 13.6 Å². The summed E-state index contributed by atoms with van der Waals surface area (Å²) in [5, 5.41) is 2.59. The van der Waals surface area contributed by atoms with Gasteiger partial charge in [0.15, 0.2) is 0 Å². The number of anilines is 1. The number of nitrogens with zero attached hydrogens (tertiary/aromatic N) is 2. The summed E-state index contributed by atoms with van der Waals surface area (Å²) < 4.78 is 28.5. The first-order valence-electron chi connectivity index (χ1n) is 11.9. The van der Waals surface area contributed by atoms with E-state index in [9.17, 15) is 18.0 Å². The quantitative estimate of drug-likeness (QED) is 0.451. The molecule has 1 atom stereocenters. The molecule has 1 unspecified atom stereocenters. The molecule has 3 aromatic rings. The average molecular weight is 508 g/mol. The highest BCUT2D eigenvalue weighted by Crippen LogP contribution is 2.25. The second kappa shape index (κ2) is 11.9. The smallest absolute Gasteiger partial charge is 0.264 e. The van der Waals surface area contributed by atoms with Crippen molar-refractivity contribution in [1.82, 2.24) is 10.2 Å². The Morgan fingerprint density at radius 2 is 1.53 bits per heavy atom. The third-order valence-electron chi connectivity index (χ3n) is 6.26. The van der Waals surface area contributed by atoms with Crippen molar-refractivity contribution in [3.63, 3.8) is 0 Å². The van der Waals surface area contributed by atoms with Crippen molar-refractivity contribution >= 4 is 27.5 Å². The molecule has 0 saturated heterocycles. The van der Waals surface area contributed by atoms with E-state index in [4.69, 9.17) is 0 Å². The van der Waals surface area contributed by atoms with E-state index in [2.05, 4.69) is 5.32 Å². The van der Waals surface area contributed by atoms with Crippen molar-refractivity contribution in [2.24, 2.45) is 0 Å². The van der Waals surface area contributed by atoms with Crippen LogP contribution in [0, 0.1) is 6.92 Å². The zero-order chi connectivity index (χ0) is 26.3. The van der Waals surface area contributed by atoms with Crippen LogP contribution in [0.4, 0.5) is 5.69 Å². The first-order chi connectivity index (χ1) is 17.2. The predicted octanol–water partition coefficient (Wildman–Crippen LogP) is 3.92. The summed E-state index contributed by atoms with van der Waals surface area (Å²) in [5.74, 6) is -0.810. The minimum atomic E-state index is -4.05. The summed E-state index contributed by atoms with van der Waals surface area (Å²) in [5.41, 5.74) is 3.29. The fraction of sp³-hybridized carbons (Fsp3) is 0.286. The van der Waals surface area contributed by atoms with Crippen LogP contribution in [0.5, 0.6) is 0 Å². The van der Waals surface area contributed by atoms with Gasteiger partial charge in [-0.1, -0.05) is 61.5 Å². The number of benzene rings is 3. The Morgan fingerprint density at radius 1 is 0.917 bits per heavy atom. The maximum atomic E-state index is 13.7. The normalized spacial score (nSPS) is 12.0. The first-order valence-corrected chi connectivity index (χ1v) is 13.3. The van der Waals surface area contributed by atoms with Gasteiger partial charge in [-0.15, -0.1) is 0 Å². The topological polar surface area (TPSA) is 86.8 Å². The molecular weight excluding hydrogens is 474 g/mol. The van der Waals surface area contributed by atoms with Crippen LogP contribution in [0.1, 0.15) is 30.5 Å². The minimum Gasteiger partial charge on any atom is -0.357 e. The van der Waals surface area contributed by atoms with E-state index >= 15 is 0 Å². The van der Waals surface area contributed by atoms with Crippen molar-refractivity contribution in [1.29, 1.82) is 0 Å². The number of hydrogen-bond acceptors (Lipinski definition) is 4. The highest BCUT2D eigenvalue weighted by Gasteiger charge is 2.32. The van der Waals surface area contributed by atoms with Crippen molar-refractivity contribution in [3.05, 3.63) is 95.6 Å². The molecule has 0 radical (unpaired) electrons. The molecule has 8 heteroatoms. The number of aryl methyl sites for hydroxylation is 2. The highest BCUT2D eigenvalue weighted by atomic mass is 32.2. The first kappa shape index (κ1) is 26.9. The van der Waals surface area contributed by atoms with Crippen LogP contribution < -0.4 is 9.62 Å². The highest BCUT2D eigenvalue weighted by molar-refractivity contribution is 7.92. The number of hydrogen-bond donors (Lipinski definition) is 1. The Balaban J connectivity index is 2.03. The number of amides is 2. The Bertz CT molecular complexity index is 1290. The molecule has 190 valence electrons. The lowest BCUT2D eigenvalue weighted by molar-refractivity contribution is -0.139. The molecule has 0 bridgehead atoms. The monoisotopic (exact) mass is 507 g/mol. The zero-order valence-corrected chi connectivity index (χ0v) is 22.0. The second-order valence-electron chi connectivity index (χ2n) is 8.58. The van der Waals surface area contributed by atoms with Crippen LogP contribution in [0.3, 0.4) is 0 Å². The van der Waals surface area contributed by atoms with E-state index < -0.39 is 28.5 Å². The van der Waals surface area contributed by atoms with E-state index in [0.717, 1.165) is 27.4 Å². The van der Waals surface area contributed by atoms with Crippen molar-refractivity contribution in [2.75, 3.05) is 17.9 Å².